The fourth-order valence-corrected chi connectivity index (χ4v) is 2.35. The molecule has 7 heteroatoms. The summed E-state index contributed by atoms with van der Waals surface area (Å²) in [5.74, 6) is -0.439. The van der Waals surface area contributed by atoms with Crippen molar-refractivity contribution in [2.45, 2.75) is 6.54 Å². The molecule has 0 unspecified atom stereocenters. The number of anilines is 2. The van der Waals surface area contributed by atoms with Crippen LogP contribution in [0.1, 0.15) is 5.56 Å². The summed E-state index contributed by atoms with van der Waals surface area (Å²) in [6.45, 7) is 0.214. The molecule has 5 nitrogen and oxygen atoms in total. The maximum absolute atomic E-state index is 13.1. The SMILES string of the molecule is CS(=O)(=O)Nc1cccc(NCc2cc(F)ccc2O)c1. The van der Waals surface area contributed by atoms with E-state index >= 15 is 0 Å². The quantitative estimate of drug-likeness (QED) is 0.793. The third-order valence-corrected chi connectivity index (χ3v) is 3.30. The maximum Gasteiger partial charge on any atom is 0.229 e. The lowest BCUT2D eigenvalue weighted by Gasteiger charge is -2.10. The predicted octanol–water partition coefficient (Wildman–Crippen LogP) is 2.51. The van der Waals surface area contributed by atoms with Gasteiger partial charge in [0.25, 0.3) is 0 Å². The Balaban J connectivity index is 2.10. The monoisotopic (exact) mass is 310 g/mol. The Kier molecular flexibility index (Phi) is 4.32. The summed E-state index contributed by atoms with van der Waals surface area (Å²) in [6.07, 6.45) is 1.07. The minimum absolute atomic E-state index is 0.00526. The van der Waals surface area contributed by atoms with Crippen molar-refractivity contribution in [3.8, 4) is 5.75 Å². The van der Waals surface area contributed by atoms with E-state index in [1.54, 1.807) is 24.3 Å². The van der Waals surface area contributed by atoms with E-state index < -0.39 is 15.8 Å². The summed E-state index contributed by atoms with van der Waals surface area (Å²) >= 11 is 0. The number of aromatic hydroxyl groups is 1. The zero-order valence-electron chi connectivity index (χ0n) is 11.3. The molecule has 2 aromatic rings. The highest BCUT2D eigenvalue weighted by molar-refractivity contribution is 7.92. The summed E-state index contributed by atoms with van der Waals surface area (Å²) in [7, 11) is -3.34. The smallest absolute Gasteiger partial charge is 0.229 e. The largest absolute Gasteiger partial charge is 0.508 e. The highest BCUT2D eigenvalue weighted by Crippen LogP contribution is 2.21. The Labute approximate surface area is 122 Å². The Morgan fingerprint density at radius 1 is 1.14 bits per heavy atom. The molecule has 0 radical (unpaired) electrons. The molecule has 0 aromatic heterocycles. The van der Waals surface area contributed by atoms with E-state index in [1.165, 1.54) is 18.2 Å². The third kappa shape index (κ3) is 4.64. The number of rotatable bonds is 5. The molecule has 0 amide bonds. The van der Waals surface area contributed by atoms with Crippen molar-refractivity contribution in [3.05, 3.63) is 53.8 Å². The van der Waals surface area contributed by atoms with Gasteiger partial charge in [-0.2, -0.15) is 0 Å². The Bertz CT molecular complexity index is 748. The molecule has 0 heterocycles. The summed E-state index contributed by atoms with van der Waals surface area (Å²) in [6, 6.07) is 10.3. The van der Waals surface area contributed by atoms with Gasteiger partial charge in [0.05, 0.1) is 11.9 Å². The number of nitrogens with one attached hydrogen (secondary N) is 2. The first-order chi connectivity index (χ1) is 9.83. The van der Waals surface area contributed by atoms with Gasteiger partial charge >= 0.3 is 0 Å². The van der Waals surface area contributed by atoms with Gasteiger partial charge < -0.3 is 10.4 Å². The van der Waals surface area contributed by atoms with Crippen LogP contribution in [0.15, 0.2) is 42.5 Å². The van der Waals surface area contributed by atoms with Crippen LogP contribution in [0.3, 0.4) is 0 Å². The van der Waals surface area contributed by atoms with Crippen LogP contribution in [0, 0.1) is 5.82 Å². The molecule has 0 bridgehead atoms. The number of hydrogen-bond donors (Lipinski definition) is 3. The van der Waals surface area contributed by atoms with Crippen molar-refractivity contribution in [1.29, 1.82) is 0 Å². The number of sulfonamides is 1. The molecule has 0 aliphatic heterocycles. The van der Waals surface area contributed by atoms with Crippen LogP contribution in [0.2, 0.25) is 0 Å². The maximum atomic E-state index is 13.1. The highest BCUT2D eigenvalue weighted by atomic mass is 32.2. The lowest BCUT2D eigenvalue weighted by atomic mass is 10.2. The van der Waals surface area contributed by atoms with Gasteiger partial charge in [0.1, 0.15) is 11.6 Å². The first-order valence-electron chi connectivity index (χ1n) is 6.12. The van der Waals surface area contributed by atoms with Crippen LogP contribution >= 0.6 is 0 Å². The van der Waals surface area contributed by atoms with E-state index in [4.69, 9.17) is 0 Å². The van der Waals surface area contributed by atoms with Crippen molar-refractivity contribution in [2.24, 2.45) is 0 Å². The molecule has 2 aromatic carbocycles. The number of halogens is 1. The van der Waals surface area contributed by atoms with Crippen molar-refractivity contribution in [3.63, 3.8) is 0 Å². The molecule has 3 N–H and O–H groups in total. The number of benzene rings is 2. The third-order valence-electron chi connectivity index (χ3n) is 2.69. The second-order valence-corrected chi connectivity index (χ2v) is 6.33. The van der Waals surface area contributed by atoms with E-state index in [-0.39, 0.29) is 12.3 Å². The molecule has 0 spiro atoms. The Morgan fingerprint density at radius 2 is 1.86 bits per heavy atom. The number of hydrogen-bond acceptors (Lipinski definition) is 4. The van der Waals surface area contributed by atoms with Crippen LogP contribution in [0.5, 0.6) is 5.75 Å². The molecular weight excluding hydrogens is 295 g/mol. The summed E-state index contributed by atoms with van der Waals surface area (Å²) in [4.78, 5) is 0. The average Bonchev–Trinajstić information content (AvgIpc) is 2.38. The standard InChI is InChI=1S/C14H15FN2O3S/c1-21(19,20)17-13-4-2-3-12(8-13)16-9-10-7-11(15)5-6-14(10)18/h2-8,16-18H,9H2,1H3. The zero-order valence-corrected chi connectivity index (χ0v) is 12.1. The first kappa shape index (κ1) is 15.1. The van der Waals surface area contributed by atoms with Gasteiger partial charge in [-0.25, -0.2) is 12.8 Å². The van der Waals surface area contributed by atoms with E-state index in [1.807, 2.05) is 0 Å². The van der Waals surface area contributed by atoms with Crippen molar-refractivity contribution < 1.29 is 17.9 Å². The van der Waals surface area contributed by atoms with Crippen molar-refractivity contribution in [2.75, 3.05) is 16.3 Å². The second kappa shape index (κ2) is 6.01. The van der Waals surface area contributed by atoms with Gasteiger partial charge in [-0.3, -0.25) is 4.72 Å². The lowest BCUT2D eigenvalue weighted by molar-refractivity contribution is 0.466. The molecule has 21 heavy (non-hydrogen) atoms. The summed E-state index contributed by atoms with van der Waals surface area (Å²) in [5, 5.41) is 12.6. The highest BCUT2D eigenvalue weighted by Gasteiger charge is 2.05. The zero-order chi connectivity index (χ0) is 15.5. The molecule has 112 valence electrons. The van der Waals surface area contributed by atoms with Gasteiger partial charge in [-0.15, -0.1) is 0 Å². The van der Waals surface area contributed by atoms with Crippen molar-refractivity contribution in [1.82, 2.24) is 0 Å². The van der Waals surface area contributed by atoms with Crippen LogP contribution in [0.25, 0.3) is 0 Å². The van der Waals surface area contributed by atoms with Gasteiger partial charge in [-0.05, 0) is 36.4 Å². The van der Waals surface area contributed by atoms with Crippen LogP contribution < -0.4 is 10.0 Å². The van der Waals surface area contributed by atoms with Crippen LogP contribution in [-0.4, -0.2) is 19.8 Å². The normalized spacial score (nSPS) is 11.1. The lowest BCUT2D eigenvalue weighted by Crippen LogP contribution is -2.09. The average molecular weight is 310 g/mol. The molecule has 0 saturated heterocycles. The van der Waals surface area contributed by atoms with Crippen LogP contribution in [-0.2, 0) is 16.6 Å². The van der Waals surface area contributed by atoms with Crippen molar-refractivity contribution >= 4 is 21.4 Å². The first-order valence-corrected chi connectivity index (χ1v) is 8.02. The van der Waals surface area contributed by atoms with E-state index in [0.29, 0.717) is 16.9 Å². The Morgan fingerprint density at radius 3 is 2.57 bits per heavy atom. The molecule has 0 aliphatic rings. The van der Waals surface area contributed by atoms with E-state index in [0.717, 1.165) is 6.26 Å². The van der Waals surface area contributed by atoms with Gasteiger partial charge in [-0.1, -0.05) is 6.07 Å². The van der Waals surface area contributed by atoms with E-state index in [2.05, 4.69) is 10.0 Å². The predicted molar refractivity (Wildman–Crippen MR) is 80.3 cm³/mol. The summed E-state index contributed by atoms with van der Waals surface area (Å²) < 4.78 is 37.8. The molecular formula is C14H15FN2O3S. The van der Waals surface area contributed by atoms with Crippen LogP contribution in [0.4, 0.5) is 15.8 Å². The fourth-order valence-electron chi connectivity index (χ4n) is 1.80. The minimum atomic E-state index is -3.34. The van der Waals surface area contributed by atoms with E-state index in [9.17, 15) is 17.9 Å². The van der Waals surface area contributed by atoms with Gasteiger partial charge in [0.15, 0.2) is 0 Å². The topological polar surface area (TPSA) is 78.4 Å². The molecule has 0 fully saturated rings. The fraction of sp³-hybridized carbons (Fsp3) is 0.143. The Hall–Kier alpha value is -2.28. The molecule has 0 atom stereocenters. The summed E-state index contributed by atoms with van der Waals surface area (Å²) in [5.41, 5.74) is 1.48. The molecule has 0 saturated carbocycles. The number of phenolic OH excluding ortho intramolecular Hbond substituents is 1. The minimum Gasteiger partial charge on any atom is -0.508 e. The van der Waals surface area contributed by atoms with Gasteiger partial charge in [0, 0.05) is 17.8 Å². The van der Waals surface area contributed by atoms with Gasteiger partial charge in [0.2, 0.25) is 10.0 Å². The second-order valence-electron chi connectivity index (χ2n) is 4.58. The number of phenols is 1. The molecule has 0 aliphatic carbocycles. The molecule has 2 rings (SSSR count).